The van der Waals surface area contributed by atoms with Crippen LogP contribution >= 0.6 is 0 Å². The summed E-state index contributed by atoms with van der Waals surface area (Å²) in [4.78, 5) is 12.3. The van der Waals surface area contributed by atoms with Crippen LogP contribution in [0.4, 0.5) is 0 Å². The predicted octanol–water partition coefficient (Wildman–Crippen LogP) is 0.783. The third-order valence-electron chi connectivity index (χ3n) is 4.68. The number of hydrogen-bond acceptors (Lipinski definition) is 6. The van der Waals surface area contributed by atoms with Crippen LogP contribution in [-0.4, -0.2) is 48.1 Å². The summed E-state index contributed by atoms with van der Waals surface area (Å²) in [5.74, 6) is 0.407. The van der Waals surface area contributed by atoms with Crippen LogP contribution in [0.2, 0.25) is 0 Å². The van der Waals surface area contributed by atoms with Gasteiger partial charge in [-0.1, -0.05) is 17.7 Å². The maximum absolute atomic E-state index is 12.3. The summed E-state index contributed by atoms with van der Waals surface area (Å²) >= 11 is 0. The molecule has 2 N–H and O–H groups in total. The molecule has 0 aromatic carbocycles. The topological polar surface area (TPSA) is 102 Å². The minimum atomic E-state index is -0.264. The first-order chi connectivity index (χ1) is 12.8. The van der Waals surface area contributed by atoms with Gasteiger partial charge in [0, 0.05) is 18.8 Å². The number of carbonyl (C=O) groups is 1. The highest BCUT2D eigenvalue weighted by atomic mass is 16.2. The third-order valence-corrected chi connectivity index (χ3v) is 4.68. The molecule has 0 radical (unpaired) electrons. The second-order valence-corrected chi connectivity index (χ2v) is 6.53. The lowest BCUT2D eigenvalue weighted by Gasteiger charge is -2.23. The standard InChI is InChI=1S/C17H22N8O/c26-17(19-11-16-22-21-15-6-2-4-9-25(15)16)14-12-24(23-20-14)10-7-13-5-1-3-8-18-13/h2,4,6,9,12-13,18H,1,3,5,7-8,10-11H2,(H,19,26). The lowest BCUT2D eigenvalue weighted by atomic mass is 10.0. The number of amides is 1. The summed E-state index contributed by atoms with van der Waals surface area (Å²) in [6.07, 6.45) is 8.29. The fraction of sp³-hybridized carbons (Fsp3) is 0.471. The zero-order chi connectivity index (χ0) is 17.8. The van der Waals surface area contributed by atoms with Gasteiger partial charge < -0.3 is 10.6 Å². The Morgan fingerprint density at radius 3 is 3.12 bits per heavy atom. The summed E-state index contributed by atoms with van der Waals surface area (Å²) in [5.41, 5.74) is 1.06. The number of piperidine rings is 1. The van der Waals surface area contributed by atoms with Crippen molar-refractivity contribution in [2.45, 2.75) is 44.8 Å². The van der Waals surface area contributed by atoms with Crippen molar-refractivity contribution in [3.8, 4) is 0 Å². The maximum atomic E-state index is 12.3. The lowest BCUT2D eigenvalue weighted by Crippen LogP contribution is -2.34. The summed E-state index contributed by atoms with van der Waals surface area (Å²) in [7, 11) is 0. The average molecular weight is 354 g/mol. The molecule has 1 aliphatic heterocycles. The van der Waals surface area contributed by atoms with E-state index in [9.17, 15) is 4.79 Å². The van der Waals surface area contributed by atoms with Gasteiger partial charge in [0.1, 0.15) is 0 Å². The molecule has 1 atom stereocenters. The van der Waals surface area contributed by atoms with Gasteiger partial charge in [-0.05, 0) is 37.9 Å². The smallest absolute Gasteiger partial charge is 0.273 e. The first-order valence-corrected chi connectivity index (χ1v) is 9.00. The quantitative estimate of drug-likeness (QED) is 0.678. The SMILES string of the molecule is O=C(NCc1nnc2ccccn12)c1cn(CCC2CCCCN2)nn1. The van der Waals surface area contributed by atoms with E-state index in [0.717, 1.165) is 25.2 Å². The molecular weight excluding hydrogens is 332 g/mol. The van der Waals surface area contributed by atoms with Crippen LogP contribution in [0.5, 0.6) is 0 Å². The molecule has 9 heteroatoms. The molecule has 0 aliphatic carbocycles. The zero-order valence-electron chi connectivity index (χ0n) is 14.5. The van der Waals surface area contributed by atoms with Gasteiger partial charge >= 0.3 is 0 Å². The Bertz CT molecular complexity index is 880. The zero-order valence-corrected chi connectivity index (χ0v) is 14.5. The van der Waals surface area contributed by atoms with Crippen molar-refractivity contribution >= 4 is 11.6 Å². The van der Waals surface area contributed by atoms with Gasteiger partial charge in [-0.3, -0.25) is 13.9 Å². The molecule has 1 unspecified atom stereocenters. The van der Waals surface area contributed by atoms with E-state index in [-0.39, 0.29) is 12.5 Å². The van der Waals surface area contributed by atoms with E-state index in [1.807, 2.05) is 28.8 Å². The van der Waals surface area contributed by atoms with Crippen LogP contribution in [0, 0.1) is 0 Å². The molecule has 136 valence electrons. The van der Waals surface area contributed by atoms with Gasteiger partial charge in [0.25, 0.3) is 5.91 Å². The van der Waals surface area contributed by atoms with Crippen molar-refractivity contribution < 1.29 is 4.79 Å². The Morgan fingerprint density at radius 2 is 2.23 bits per heavy atom. The van der Waals surface area contributed by atoms with Crippen molar-refractivity contribution in [2.24, 2.45) is 0 Å². The van der Waals surface area contributed by atoms with Crippen LogP contribution in [-0.2, 0) is 13.1 Å². The molecule has 4 heterocycles. The van der Waals surface area contributed by atoms with E-state index in [4.69, 9.17) is 0 Å². The normalized spacial score (nSPS) is 17.5. The van der Waals surface area contributed by atoms with Gasteiger partial charge in [0.2, 0.25) is 0 Å². The van der Waals surface area contributed by atoms with Gasteiger partial charge in [0.05, 0.1) is 12.7 Å². The van der Waals surface area contributed by atoms with Crippen LogP contribution in [0.15, 0.2) is 30.6 Å². The Morgan fingerprint density at radius 1 is 1.27 bits per heavy atom. The highest BCUT2D eigenvalue weighted by Gasteiger charge is 2.15. The van der Waals surface area contributed by atoms with Crippen molar-refractivity contribution in [3.05, 3.63) is 42.1 Å². The van der Waals surface area contributed by atoms with Crippen molar-refractivity contribution in [2.75, 3.05) is 6.54 Å². The molecule has 3 aromatic rings. The van der Waals surface area contributed by atoms with Crippen LogP contribution in [0.25, 0.3) is 5.65 Å². The Labute approximate surface area is 150 Å². The van der Waals surface area contributed by atoms with E-state index in [0.29, 0.717) is 17.6 Å². The number of nitrogens with one attached hydrogen (secondary N) is 2. The fourth-order valence-electron chi connectivity index (χ4n) is 3.23. The number of hydrogen-bond donors (Lipinski definition) is 2. The molecule has 1 fully saturated rings. The van der Waals surface area contributed by atoms with E-state index in [2.05, 4.69) is 31.1 Å². The Balaban J connectivity index is 1.31. The Kier molecular flexibility index (Phi) is 4.87. The summed E-state index contributed by atoms with van der Waals surface area (Å²) in [6, 6.07) is 6.19. The summed E-state index contributed by atoms with van der Waals surface area (Å²) in [6.45, 7) is 2.13. The van der Waals surface area contributed by atoms with Gasteiger partial charge in [-0.2, -0.15) is 0 Å². The Hall–Kier alpha value is -2.81. The molecular formula is C17H22N8O. The van der Waals surface area contributed by atoms with Crippen molar-refractivity contribution in [1.82, 2.24) is 40.2 Å². The number of aryl methyl sites for hydroxylation is 1. The molecule has 1 amide bonds. The van der Waals surface area contributed by atoms with E-state index in [1.165, 1.54) is 19.3 Å². The van der Waals surface area contributed by atoms with E-state index < -0.39 is 0 Å². The summed E-state index contributed by atoms with van der Waals surface area (Å²) in [5, 5.41) is 22.5. The monoisotopic (exact) mass is 354 g/mol. The average Bonchev–Trinajstić information content (AvgIpc) is 3.32. The van der Waals surface area contributed by atoms with Crippen LogP contribution in [0.1, 0.15) is 42.0 Å². The maximum Gasteiger partial charge on any atom is 0.273 e. The van der Waals surface area contributed by atoms with Crippen LogP contribution in [0.3, 0.4) is 0 Å². The number of carbonyl (C=O) groups excluding carboxylic acids is 1. The minimum absolute atomic E-state index is 0.264. The van der Waals surface area contributed by atoms with Crippen molar-refractivity contribution in [3.63, 3.8) is 0 Å². The van der Waals surface area contributed by atoms with Gasteiger partial charge in [-0.25, -0.2) is 0 Å². The summed E-state index contributed by atoms with van der Waals surface area (Å²) < 4.78 is 3.58. The van der Waals surface area contributed by atoms with Crippen LogP contribution < -0.4 is 10.6 Å². The molecule has 26 heavy (non-hydrogen) atoms. The van der Waals surface area contributed by atoms with Gasteiger partial charge in [0.15, 0.2) is 17.2 Å². The molecule has 3 aromatic heterocycles. The first kappa shape index (κ1) is 16.6. The molecule has 9 nitrogen and oxygen atoms in total. The highest BCUT2D eigenvalue weighted by Crippen LogP contribution is 2.11. The number of fused-ring (bicyclic) bond motifs is 1. The predicted molar refractivity (Wildman–Crippen MR) is 94.4 cm³/mol. The van der Waals surface area contributed by atoms with E-state index in [1.54, 1.807) is 10.9 Å². The molecule has 0 spiro atoms. The van der Waals surface area contributed by atoms with Crippen molar-refractivity contribution in [1.29, 1.82) is 0 Å². The molecule has 1 saturated heterocycles. The first-order valence-electron chi connectivity index (χ1n) is 9.00. The molecule has 4 rings (SSSR count). The highest BCUT2D eigenvalue weighted by molar-refractivity contribution is 5.91. The molecule has 0 saturated carbocycles. The third kappa shape index (κ3) is 3.72. The van der Waals surface area contributed by atoms with Gasteiger partial charge in [-0.15, -0.1) is 15.3 Å². The number of nitrogens with zero attached hydrogens (tertiary/aromatic N) is 6. The molecule has 0 bridgehead atoms. The van der Waals surface area contributed by atoms with E-state index >= 15 is 0 Å². The number of rotatable bonds is 6. The molecule has 1 aliphatic rings. The fourth-order valence-corrected chi connectivity index (χ4v) is 3.23. The number of aromatic nitrogens is 6. The largest absolute Gasteiger partial charge is 0.343 e. The second-order valence-electron chi connectivity index (χ2n) is 6.53. The lowest BCUT2D eigenvalue weighted by molar-refractivity contribution is 0.0944. The minimum Gasteiger partial charge on any atom is -0.343 e. The second kappa shape index (κ2) is 7.61. The number of pyridine rings is 1.